The first-order chi connectivity index (χ1) is 18.5. The van der Waals surface area contributed by atoms with Crippen molar-refractivity contribution in [2.75, 3.05) is 4.90 Å². The lowest BCUT2D eigenvalue weighted by molar-refractivity contribution is -0.384. The van der Waals surface area contributed by atoms with Crippen LogP contribution in [0.3, 0.4) is 0 Å². The number of barbiturate groups is 1. The summed E-state index contributed by atoms with van der Waals surface area (Å²) in [4.78, 5) is 62.4. The topological polar surface area (TPSA) is 136 Å². The zero-order chi connectivity index (χ0) is 28.3. The Morgan fingerprint density at radius 3 is 2.51 bits per heavy atom. The van der Waals surface area contributed by atoms with E-state index in [0.29, 0.717) is 14.5 Å². The largest absolute Gasteiger partial charge is 0.422 e. The molecule has 4 amide bonds. The lowest BCUT2D eigenvalue weighted by Crippen LogP contribution is -2.54. The maximum atomic E-state index is 13.3. The molecule has 10 nitrogen and oxygen atoms in total. The zero-order valence-corrected chi connectivity index (χ0v) is 23.2. The van der Waals surface area contributed by atoms with Crippen LogP contribution in [0.15, 0.2) is 81.3 Å². The van der Waals surface area contributed by atoms with Crippen molar-refractivity contribution in [2.24, 2.45) is 0 Å². The van der Waals surface area contributed by atoms with Gasteiger partial charge in [0.25, 0.3) is 17.5 Å². The van der Waals surface area contributed by atoms with E-state index in [1.165, 1.54) is 36.4 Å². The maximum absolute atomic E-state index is 13.3. The molecule has 0 bridgehead atoms. The monoisotopic (exact) mass is 653 g/mol. The first kappa shape index (κ1) is 27.6. The van der Waals surface area contributed by atoms with Crippen molar-refractivity contribution >= 4 is 79.2 Å². The standard InChI is InChI=1S/C27H17Br2N3O7/c1-15-4-2-6-19(10-15)31-26(35)21(25(34)30-27(31)36)13-17-12-18(28)14-22(29)24(17)39-23(33)9-8-16-5-3-7-20(11-16)32(37)38/h2-14H,1H3,(H,30,34,36)/b9-8+,21-13-. The van der Waals surface area contributed by atoms with Crippen LogP contribution in [0.25, 0.3) is 12.2 Å². The maximum Gasteiger partial charge on any atom is 0.336 e. The van der Waals surface area contributed by atoms with Gasteiger partial charge in [0.1, 0.15) is 5.57 Å². The molecule has 1 N–H and O–H groups in total. The van der Waals surface area contributed by atoms with E-state index in [1.807, 2.05) is 0 Å². The zero-order valence-electron chi connectivity index (χ0n) is 20.0. The summed E-state index contributed by atoms with van der Waals surface area (Å²) < 4.78 is 6.37. The minimum absolute atomic E-state index is 0.000928. The van der Waals surface area contributed by atoms with Gasteiger partial charge >= 0.3 is 12.0 Å². The van der Waals surface area contributed by atoms with Crippen LogP contribution in [0.5, 0.6) is 5.75 Å². The van der Waals surface area contributed by atoms with Crippen molar-refractivity contribution in [1.29, 1.82) is 0 Å². The first-order valence-electron chi connectivity index (χ1n) is 11.1. The number of non-ortho nitro benzene ring substituents is 1. The van der Waals surface area contributed by atoms with Crippen molar-refractivity contribution in [1.82, 2.24) is 5.32 Å². The van der Waals surface area contributed by atoms with E-state index in [4.69, 9.17) is 4.74 Å². The molecule has 0 aromatic heterocycles. The molecule has 3 aromatic rings. The van der Waals surface area contributed by atoms with Gasteiger partial charge in [0.05, 0.1) is 15.1 Å². The van der Waals surface area contributed by atoms with E-state index >= 15 is 0 Å². The molecule has 1 aliphatic heterocycles. The van der Waals surface area contributed by atoms with Crippen LogP contribution in [0.2, 0.25) is 0 Å². The van der Waals surface area contributed by atoms with Crippen molar-refractivity contribution < 1.29 is 28.8 Å². The lowest BCUT2D eigenvalue weighted by Gasteiger charge is -2.26. The number of anilines is 1. The average Bonchev–Trinajstić information content (AvgIpc) is 2.87. The van der Waals surface area contributed by atoms with Crippen LogP contribution in [0.1, 0.15) is 16.7 Å². The third kappa shape index (κ3) is 6.36. The third-order valence-electron chi connectivity index (χ3n) is 5.39. The third-order valence-corrected chi connectivity index (χ3v) is 6.44. The summed E-state index contributed by atoms with van der Waals surface area (Å²) >= 11 is 6.66. The minimum Gasteiger partial charge on any atom is -0.422 e. The Kier molecular flexibility index (Phi) is 8.17. The van der Waals surface area contributed by atoms with Gasteiger partial charge in [-0.05, 0) is 70.4 Å². The molecule has 3 aromatic carbocycles. The molecule has 0 unspecified atom stereocenters. The van der Waals surface area contributed by atoms with Crippen molar-refractivity contribution in [3.8, 4) is 5.75 Å². The van der Waals surface area contributed by atoms with E-state index < -0.39 is 28.7 Å². The number of amides is 4. The Bertz CT molecular complexity index is 1610. The number of urea groups is 1. The molecule has 196 valence electrons. The highest BCUT2D eigenvalue weighted by Gasteiger charge is 2.37. The summed E-state index contributed by atoms with van der Waals surface area (Å²) in [6.07, 6.45) is 3.65. The predicted molar refractivity (Wildman–Crippen MR) is 150 cm³/mol. The van der Waals surface area contributed by atoms with E-state index in [-0.39, 0.29) is 28.3 Å². The van der Waals surface area contributed by atoms with Gasteiger partial charge in [0.15, 0.2) is 5.75 Å². The van der Waals surface area contributed by atoms with Crippen LogP contribution >= 0.6 is 31.9 Å². The molecule has 0 saturated carbocycles. The fourth-order valence-electron chi connectivity index (χ4n) is 3.65. The number of nitrogens with one attached hydrogen (secondary N) is 1. The van der Waals surface area contributed by atoms with Crippen molar-refractivity contribution in [2.45, 2.75) is 6.92 Å². The molecule has 39 heavy (non-hydrogen) atoms. The molecule has 0 aliphatic carbocycles. The summed E-state index contributed by atoms with van der Waals surface area (Å²) in [7, 11) is 0. The van der Waals surface area contributed by atoms with Crippen molar-refractivity contribution in [3.05, 3.63) is 108 Å². The van der Waals surface area contributed by atoms with Crippen LogP contribution in [0.4, 0.5) is 16.2 Å². The second-order valence-electron chi connectivity index (χ2n) is 8.21. The molecule has 0 atom stereocenters. The van der Waals surface area contributed by atoms with Gasteiger partial charge in [-0.15, -0.1) is 0 Å². The van der Waals surface area contributed by atoms with Crippen molar-refractivity contribution in [3.63, 3.8) is 0 Å². The number of halogens is 2. The Balaban J connectivity index is 1.67. The molecule has 1 fully saturated rings. The summed E-state index contributed by atoms with van der Waals surface area (Å²) in [5.41, 5.74) is 1.19. The quantitative estimate of drug-likeness (QED) is 0.0897. The van der Waals surface area contributed by atoms with Gasteiger partial charge in [0.2, 0.25) is 0 Å². The fraction of sp³-hybridized carbons (Fsp3) is 0.0370. The number of imide groups is 2. The Labute approximate surface area is 238 Å². The smallest absolute Gasteiger partial charge is 0.336 e. The number of carbonyl (C=O) groups is 4. The van der Waals surface area contributed by atoms with Gasteiger partial charge in [-0.2, -0.15) is 0 Å². The molecule has 1 saturated heterocycles. The molecule has 0 spiro atoms. The number of carbonyl (C=O) groups excluding carboxylic acids is 4. The molecule has 1 heterocycles. The van der Waals surface area contributed by atoms with Gasteiger partial charge in [0, 0.05) is 28.2 Å². The molecule has 1 aliphatic rings. The highest BCUT2D eigenvalue weighted by Crippen LogP contribution is 2.35. The number of nitro benzene ring substituents is 1. The molecule has 4 rings (SSSR count). The first-order valence-corrected chi connectivity index (χ1v) is 12.7. The lowest BCUT2D eigenvalue weighted by atomic mass is 10.1. The van der Waals surface area contributed by atoms with E-state index in [9.17, 15) is 29.3 Å². The van der Waals surface area contributed by atoms with Crippen LogP contribution in [0, 0.1) is 17.0 Å². The second-order valence-corrected chi connectivity index (χ2v) is 9.98. The van der Waals surface area contributed by atoms with Gasteiger partial charge in [-0.3, -0.25) is 25.0 Å². The number of aryl methyl sites for hydroxylation is 1. The fourth-order valence-corrected chi connectivity index (χ4v) is 4.99. The summed E-state index contributed by atoms with van der Waals surface area (Å²) in [6.45, 7) is 1.80. The van der Waals surface area contributed by atoms with Gasteiger partial charge < -0.3 is 4.74 Å². The number of ether oxygens (including phenoxy) is 1. The summed E-state index contributed by atoms with van der Waals surface area (Å²) in [6, 6.07) is 14.6. The number of benzene rings is 3. The molecule has 0 radical (unpaired) electrons. The number of esters is 1. The highest BCUT2D eigenvalue weighted by molar-refractivity contribution is 9.11. The Morgan fingerprint density at radius 2 is 1.79 bits per heavy atom. The number of hydrogen-bond acceptors (Lipinski definition) is 7. The minimum atomic E-state index is -0.909. The SMILES string of the molecule is Cc1cccc(N2C(=O)NC(=O)/C(=C/c3cc(Br)cc(Br)c3OC(=O)/C=C/c3cccc([N+](=O)[O-])c3)C2=O)c1. The number of nitro groups is 1. The summed E-state index contributed by atoms with van der Waals surface area (Å²) in [5, 5.41) is 13.1. The number of rotatable bonds is 6. The Hall–Kier alpha value is -4.42. The molecular weight excluding hydrogens is 638 g/mol. The van der Waals surface area contributed by atoms with E-state index in [1.54, 1.807) is 43.3 Å². The average molecular weight is 655 g/mol. The van der Waals surface area contributed by atoms with Crippen LogP contribution in [-0.2, 0) is 14.4 Å². The van der Waals surface area contributed by atoms with Gasteiger partial charge in [-0.1, -0.05) is 40.2 Å². The van der Waals surface area contributed by atoms with Crippen LogP contribution < -0.4 is 15.0 Å². The second kappa shape index (κ2) is 11.5. The van der Waals surface area contributed by atoms with Gasteiger partial charge in [-0.25, -0.2) is 14.5 Å². The Morgan fingerprint density at radius 1 is 1.05 bits per heavy atom. The summed E-state index contributed by atoms with van der Waals surface area (Å²) in [5.74, 6) is -2.58. The predicted octanol–water partition coefficient (Wildman–Crippen LogP) is 5.71. The number of nitrogens with zero attached hydrogens (tertiary/aromatic N) is 2. The highest BCUT2D eigenvalue weighted by atomic mass is 79.9. The van der Waals surface area contributed by atoms with E-state index in [0.717, 1.165) is 16.5 Å². The molecular formula is C27H17Br2N3O7. The van der Waals surface area contributed by atoms with Crippen LogP contribution in [-0.4, -0.2) is 28.7 Å². The number of hydrogen-bond donors (Lipinski definition) is 1. The molecule has 12 heteroatoms. The normalized spacial score (nSPS) is 14.6. The van der Waals surface area contributed by atoms with E-state index in [2.05, 4.69) is 37.2 Å².